The molecule has 6 nitrogen and oxygen atoms in total. The number of β-amino-alcohol motifs (C(OH)–C–C–N with tert-alkyl or cyclic N) is 1. The molecule has 2 aliphatic heterocycles. The average molecular weight is 229 g/mol. The summed E-state index contributed by atoms with van der Waals surface area (Å²) < 4.78 is 5.22. The number of carbonyl (C=O) groups excluding carboxylic acids is 1. The van der Waals surface area contributed by atoms with Gasteiger partial charge in [0.25, 0.3) is 5.91 Å². The fourth-order valence-corrected chi connectivity index (χ4v) is 2.25. The number of nitrogens with zero attached hydrogens (tertiary/aromatic N) is 1. The first-order chi connectivity index (χ1) is 7.59. The van der Waals surface area contributed by atoms with Crippen molar-refractivity contribution in [3.63, 3.8) is 0 Å². The van der Waals surface area contributed by atoms with Crippen LogP contribution in [0.15, 0.2) is 0 Å². The minimum atomic E-state index is -1.07. The lowest BCUT2D eigenvalue weighted by atomic mass is 10.2. The van der Waals surface area contributed by atoms with Crippen molar-refractivity contribution in [2.75, 3.05) is 13.2 Å². The highest BCUT2D eigenvalue weighted by molar-refractivity contribution is 5.87. The van der Waals surface area contributed by atoms with Crippen molar-refractivity contribution >= 4 is 11.9 Å². The van der Waals surface area contributed by atoms with Crippen molar-refractivity contribution in [1.82, 2.24) is 4.90 Å². The zero-order valence-electron chi connectivity index (χ0n) is 8.83. The van der Waals surface area contributed by atoms with Gasteiger partial charge in [0.1, 0.15) is 12.1 Å². The normalized spacial score (nSPS) is 34.3. The summed E-state index contributed by atoms with van der Waals surface area (Å²) in [5.74, 6) is -1.37. The minimum absolute atomic E-state index is 0.0929. The van der Waals surface area contributed by atoms with Gasteiger partial charge in [0.2, 0.25) is 0 Å². The molecule has 0 aliphatic carbocycles. The van der Waals surface area contributed by atoms with Crippen molar-refractivity contribution in [3.05, 3.63) is 0 Å². The van der Waals surface area contributed by atoms with Crippen LogP contribution in [0, 0.1) is 0 Å². The van der Waals surface area contributed by atoms with E-state index in [1.807, 2.05) is 0 Å². The Morgan fingerprint density at radius 2 is 2.12 bits per heavy atom. The Morgan fingerprint density at radius 1 is 1.38 bits per heavy atom. The van der Waals surface area contributed by atoms with Gasteiger partial charge in [-0.3, -0.25) is 4.79 Å². The van der Waals surface area contributed by atoms with Gasteiger partial charge in [-0.2, -0.15) is 0 Å². The highest BCUT2D eigenvalue weighted by Crippen LogP contribution is 2.23. The van der Waals surface area contributed by atoms with Crippen molar-refractivity contribution in [1.29, 1.82) is 0 Å². The van der Waals surface area contributed by atoms with E-state index < -0.39 is 24.2 Å². The smallest absolute Gasteiger partial charge is 0.326 e. The SMILES string of the molecule is O=C(O)C1CC(O)CN1C(=O)[C@@H]1CCCO1. The van der Waals surface area contributed by atoms with Crippen LogP contribution in [0.5, 0.6) is 0 Å². The number of carboxylic acids is 1. The van der Waals surface area contributed by atoms with Gasteiger partial charge < -0.3 is 19.8 Å². The first-order valence-corrected chi connectivity index (χ1v) is 5.42. The van der Waals surface area contributed by atoms with Crippen LogP contribution in [0.4, 0.5) is 0 Å². The molecule has 2 N–H and O–H groups in total. The van der Waals surface area contributed by atoms with Gasteiger partial charge in [0, 0.05) is 19.6 Å². The molecule has 0 spiro atoms. The van der Waals surface area contributed by atoms with Gasteiger partial charge in [-0.05, 0) is 12.8 Å². The van der Waals surface area contributed by atoms with E-state index in [0.29, 0.717) is 13.0 Å². The van der Waals surface area contributed by atoms with Crippen LogP contribution >= 0.6 is 0 Å². The van der Waals surface area contributed by atoms with Crippen LogP contribution < -0.4 is 0 Å². The second kappa shape index (κ2) is 4.39. The summed E-state index contributed by atoms with van der Waals surface area (Å²) in [6.07, 6.45) is 0.300. The second-order valence-electron chi connectivity index (χ2n) is 4.24. The number of aliphatic carboxylic acids is 1. The number of hydrogen-bond donors (Lipinski definition) is 2. The predicted molar refractivity (Wildman–Crippen MR) is 52.7 cm³/mol. The largest absolute Gasteiger partial charge is 0.480 e. The molecule has 0 aromatic rings. The fraction of sp³-hybridized carbons (Fsp3) is 0.800. The number of aliphatic hydroxyl groups is 1. The van der Waals surface area contributed by atoms with E-state index in [9.17, 15) is 14.7 Å². The molecule has 2 aliphatic rings. The number of amides is 1. The molecular formula is C10H15NO5. The molecular weight excluding hydrogens is 214 g/mol. The highest BCUT2D eigenvalue weighted by Gasteiger charge is 2.41. The molecule has 2 saturated heterocycles. The van der Waals surface area contributed by atoms with E-state index in [1.165, 1.54) is 4.90 Å². The van der Waals surface area contributed by atoms with Gasteiger partial charge in [0.05, 0.1) is 6.10 Å². The molecule has 0 bridgehead atoms. The summed E-state index contributed by atoms with van der Waals surface area (Å²) in [4.78, 5) is 24.1. The summed E-state index contributed by atoms with van der Waals surface area (Å²) in [5.41, 5.74) is 0. The van der Waals surface area contributed by atoms with E-state index in [0.717, 1.165) is 6.42 Å². The molecule has 2 unspecified atom stereocenters. The number of rotatable bonds is 2. The van der Waals surface area contributed by atoms with Gasteiger partial charge >= 0.3 is 5.97 Å². The maximum Gasteiger partial charge on any atom is 0.326 e. The van der Waals surface area contributed by atoms with Gasteiger partial charge in [-0.1, -0.05) is 0 Å². The zero-order chi connectivity index (χ0) is 11.7. The third-order valence-corrected chi connectivity index (χ3v) is 3.05. The van der Waals surface area contributed by atoms with Crippen LogP contribution in [0.1, 0.15) is 19.3 Å². The molecule has 0 aromatic heterocycles. The van der Waals surface area contributed by atoms with E-state index in [4.69, 9.17) is 9.84 Å². The number of likely N-dealkylation sites (tertiary alicyclic amines) is 1. The van der Waals surface area contributed by atoms with E-state index in [2.05, 4.69) is 0 Å². The Balaban J connectivity index is 2.06. The molecule has 16 heavy (non-hydrogen) atoms. The third kappa shape index (κ3) is 2.03. The van der Waals surface area contributed by atoms with Gasteiger partial charge in [-0.15, -0.1) is 0 Å². The van der Waals surface area contributed by atoms with Crippen LogP contribution in [-0.2, 0) is 14.3 Å². The zero-order valence-corrected chi connectivity index (χ0v) is 8.83. The first-order valence-electron chi connectivity index (χ1n) is 5.42. The van der Waals surface area contributed by atoms with E-state index >= 15 is 0 Å². The van der Waals surface area contributed by atoms with Gasteiger partial charge in [0.15, 0.2) is 0 Å². The van der Waals surface area contributed by atoms with E-state index in [1.54, 1.807) is 0 Å². The number of carbonyl (C=O) groups is 2. The topological polar surface area (TPSA) is 87.1 Å². The molecule has 3 atom stereocenters. The first kappa shape index (κ1) is 11.3. The Hall–Kier alpha value is -1.14. The van der Waals surface area contributed by atoms with Crippen LogP contribution in [0.25, 0.3) is 0 Å². The van der Waals surface area contributed by atoms with Crippen molar-refractivity contribution < 1.29 is 24.5 Å². The molecule has 2 heterocycles. The molecule has 1 amide bonds. The van der Waals surface area contributed by atoms with Crippen LogP contribution in [0.3, 0.4) is 0 Å². The van der Waals surface area contributed by atoms with Crippen molar-refractivity contribution in [2.24, 2.45) is 0 Å². The third-order valence-electron chi connectivity index (χ3n) is 3.05. The highest BCUT2D eigenvalue weighted by atomic mass is 16.5. The van der Waals surface area contributed by atoms with Gasteiger partial charge in [-0.25, -0.2) is 4.79 Å². The maximum atomic E-state index is 11.9. The van der Waals surface area contributed by atoms with E-state index in [-0.39, 0.29) is 18.9 Å². The Kier molecular flexibility index (Phi) is 3.11. The van der Waals surface area contributed by atoms with Crippen molar-refractivity contribution in [2.45, 2.75) is 37.5 Å². The second-order valence-corrected chi connectivity index (χ2v) is 4.24. The molecule has 2 fully saturated rings. The predicted octanol–water partition coefficient (Wildman–Crippen LogP) is -0.788. The lowest BCUT2D eigenvalue weighted by Gasteiger charge is -2.23. The molecule has 90 valence electrons. The molecule has 0 aromatic carbocycles. The Bertz CT molecular complexity index is 300. The molecule has 0 saturated carbocycles. The minimum Gasteiger partial charge on any atom is -0.480 e. The number of ether oxygens (including phenoxy) is 1. The lowest BCUT2D eigenvalue weighted by Crippen LogP contribution is -2.45. The van der Waals surface area contributed by atoms with Crippen LogP contribution in [0.2, 0.25) is 0 Å². The summed E-state index contributed by atoms with van der Waals surface area (Å²) in [5, 5.41) is 18.4. The number of hydrogen-bond acceptors (Lipinski definition) is 4. The Morgan fingerprint density at radius 3 is 2.69 bits per heavy atom. The lowest BCUT2D eigenvalue weighted by molar-refractivity contribution is -0.152. The van der Waals surface area contributed by atoms with Crippen molar-refractivity contribution in [3.8, 4) is 0 Å². The summed E-state index contributed by atoms with van der Waals surface area (Å²) in [6, 6.07) is -0.910. The molecule has 0 radical (unpaired) electrons. The summed E-state index contributed by atoms with van der Waals surface area (Å²) in [7, 11) is 0. The average Bonchev–Trinajstić information content (AvgIpc) is 2.84. The maximum absolute atomic E-state index is 11.9. The van der Waals surface area contributed by atoms with Crippen LogP contribution in [-0.4, -0.2) is 58.4 Å². The monoisotopic (exact) mass is 229 g/mol. The quantitative estimate of drug-likeness (QED) is 0.648. The fourth-order valence-electron chi connectivity index (χ4n) is 2.25. The Labute approximate surface area is 92.8 Å². The number of carboxylic acid groups (broad SMARTS) is 1. The number of aliphatic hydroxyl groups excluding tert-OH is 1. The standard InChI is InChI=1S/C10H15NO5/c12-6-4-7(10(14)15)11(5-6)9(13)8-2-1-3-16-8/h6-8,12H,1-5H2,(H,14,15)/t6?,7?,8-/m0/s1. The summed E-state index contributed by atoms with van der Waals surface area (Å²) >= 11 is 0. The molecule has 2 rings (SSSR count). The molecule has 6 heteroatoms. The summed E-state index contributed by atoms with van der Waals surface area (Å²) in [6.45, 7) is 0.639.